The van der Waals surface area contributed by atoms with Crippen LogP contribution >= 0.6 is 11.3 Å². The minimum absolute atomic E-state index is 0.0590. The number of amides is 1. The first kappa shape index (κ1) is 11.3. The molecule has 0 bridgehead atoms. The fraction of sp³-hybridized carbons (Fsp3) is 0.0769. The molecule has 0 unspecified atom stereocenters. The van der Waals surface area contributed by atoms with Crippen LogP contribution in [0.25, 0.3) is 16.2 Å². The molecule has 0 spiro atoms. The van der Waals surface area contributed by atoms with Crippen molar-refractivity contribution in [3.05, 3.63) is 29.8 Å². The van der Waals surface area contributed by atoms with Gasteiger partial charge in [0.05, 0.1) is 17.6 Å². The van der Waals surface area contributed by atoms with Crippen molar-refractivity contribution < 1.29 is 9.53 Å². The number of hydrogen-bond acceptors (Lipinski definition) is 5. The molecular formula is C13H10N4O2S. The summed E-state index contributed by atoms with van der Waals surface area (Å²) in [6.07, 6.45) is 1.64. The van der Waals surface area contributed by atoms with E-state index in [1.54, 1.807) is 6.20 Å². The number of carbonyl (C=O) groups excluding carboxylic acids is 1. The average molecular weight is 286 g/mol. The normalized spacial score (nSPS) is 13.9. The zero-order valence-electron chi connectivity index (χ0n) is 10.3. The van der Waals surface area contributed by atoms with Gasteiger partial charge in [0.1, 0.15) is 11.6 Å². The molecule has 1 aliphatic rings. The summed E-state index contributed by atoms with van der Waals surface area (Å²) in [7, 11) is 0. The molecule has 7 heteroatoms. The number of nitrogens with one attached hydrogen (secondary N) is 1. The van der Waals surface area contributed by atoms with E-state index in [1.807, 2.05) is 28.0 Å². The molecule has 0 fully saturated rings. The lowest BCUT2D eigenvalue weighted by molar-refractivity contribution is -0.118. The number of ether oxygens (including phenoxy) is 1. The maximum absolute atomic E-state index is 11.4. The maximum atomic E-state index is 11.4. The lowest BCUT2D eigenvalue weighted by Crippen LogP contribution is -2.25. The Morgan fingerprint density at radius 1 is 1.45 bits per heavy atom. The molecule has 0 aliphatic carbocycles. The predicted octanol–water partition coefficient (Wildman–Crippen LogP) is 1.98. The van der Waals surface area contributed by atoms with E-state index in [9.17, 15) is 4.79 Å². The largest absolute Gasteiger partial charge is 0.482 e. The van der Waals surface area contributed by atoms with E-state index in [1.165, 1.54) is 11.3 Å². The van der Waals surface area contributed by atoms with E-state index >= 15 is 0 Å². The number of rotatable bonds is 1. The van der Waals surface area contributed by atoms with Gasteiger partial charge in [0.2, 0.25) is 0 Å². The number of imidazole rings is 1. The van der Waals surface area contributed by atoms with Gasteiger partial charge in [-0.05, 0) is 18.2 Å². The van der Waals surface area contributed by atoms with Crippen molar-refractivity contribution >= 4 is 33.7 Å². The van der Waals surface area contributed by atoms with Gasteiger partial charge in [-0.2, -0.15) is 0 Å². The van der Waals surface area contributed by atoms with Gasteiger partial charge >= 0.3 is 0 Å². The Labute approximate surface area is 117 Å². The Kier molecular flexibility index (Phi) is 2.25. The molecular weight excluding hydrogens is 276 g/mol. The number of nitrogen functional groups attached to an aromatic ring is 1. The minimum atomic E-state index is -0.146. The van der Waals surface area contributed by atoms with E-state index < -0.39 is 0 Å². The number of nitrogens with two attached hydrogens (primary N) is 1. The van der Waals surface area contributed by atoms with Crippen LogP contribution in [0, 0.1) is 0 Å². The topological polar surface area (TPSA) is 81.6 Å². The fourth-order valence-corrected chi connectivity index (χ4v) is 3.15. The Balaban J connectivity index is 1.88. The SMILES string of the molecule is Nc1cnc2scc(-c3ccc4c(c3)NC(=O)CO4)n12. The second-order valence-electron chi connectivity index (χ2n) is 4.47. The van der Waals surface area contributed by atoms with Crippen molar-refractivity contribution in [3.63, 3.8) is 0 Å². The van der Waals surface area contributed by atoms with E-state index in [0.29, 0.717) is 17.3 Å². The number of nitrogens with zero attached hydrogens (tertiary/aromatic N) is 2. The monoisotopic (exact) mass is 286 g/mol. The second kappa shape index (κ2) is 3.97. The van der Waals surface area contributed by atoms with Crippen LogP contribution in [0.15, 0.2) is 29.8 Å². The molecule has 1 aromatic carbocycles. The third-order valence-electron chi connectivity index (χ3n) is 3.18. The van der Waals surface area contributed by atoms with Crippen molar-refractivity contribution in [3.8, 4) is 17.0 Å². The number of fused-ring (bicyclic) bond motifs is 2. The molecule has 1 aliphatic heterocycles. The third kappa shape index (κ3) is 1.56. The highest BCUT2D eigenvalue weighted by molar-refractivity contribution is 7.15. The highest BCUT2D eigenvalue weighted by atomic mass is 32.1. The van der Waals surface area contributed by atoms with Crippen LogP contribution in [0.5, 0.6) is 5.75 Å². The van der Waals surface area contributed by atoms with Gasteiger partial charge in [-0.1, -0.05) is 0 Å². The molecule has 0 atom stereocenters. The lowest BCUT2D eigenvalue weighted by Gasteiger charge is -2.18. The van der Waals surface area contributed by atoms with Crippen molar-refractivity contribution in [2.75, 3.05) is 17.7 Å². The number of anilines is 2. The Morgan fingerprint density at radius 2 is 2.35 bits per heavy atom. The van der Waals surface area contributed by atoms with Gasteiger partial charge in [-0.3, -0.25) is 9.20 Å². The van der Waals surface area contributed by atoms with Crippen molar-refractivity contribution in [2.45, 2.75) is 0 Å². The number of carbonyl (C=O) groups is 1. The van der Waals surface area contributed by atoms with Gasteiger partial charge in [-0.25, -0.2) is 4.98 Å². The number of aromatic nitrogens is 2. The van der Waals surface area contributed by atoms with Gasteiger partial charge in [0.25, 0.3) is 5.91 Å². The summed E-state index contributed by atoms with van der Waals surface area (Å²) in [5, 5.41) is 4.79. The van der Waals surface area contributed by atoms with Gasteiger partial charge in [0.15, 0.2) is 11.6 Å². The van der Waals surface area contributed by atoms with Gasteiger partial charge < -0.3 is 15.8 Å². The van der Waals surface area contributed by atoms with E-state index in [4.69, 9.17) is 10.5 Å². The first-order valence-electron chi connectivity index (χ1n) is 6.00. The summed E-state index contributed by atoms with van der Waals surface area (Å²) in [6, 6.07) is 5.67. The van der Waals surface area contributed by atoms with Crippen LogP contribution in [0.2, 0.25) is 0 Å². The number of hydrogen-bond donors (Lipinski definition) is 2. The Hall–Kier alpha value is -2.54. The molecule has 4 rings (SSSR count). The zero-order chi connectivity index (χ0) is 13.7. The second-order valence-corrected chi connectivity index (χ2v) is 5.31. The molecule has 2 aromatic heterocycles. The first-order valence-corrected chi connectivity index (χ1v) is 6.88. The van der Waals surface area contributed by atoms with Crippen LogP contribution in [0.3, 0.4) is 0 Å². The quantitative estimate of drug-likeness (QED) is 0.716. The lowest BCUT2D eigenvalue weighted by atomic mass is 10.1. The first-order chi connectivity index (χ1) is 9.72. The molecule has 0 saturated heterocycles. The molecule has 20 heavy (non-hydrogen) atoms. The molecule has 6 nitrogen and oxygen atoms in total. The summed E-state index contributed by atoms with van der Waals surface area (Å²) in [5.74, 6) is 1.12. The Bertz CT molecular complexity index is 836. The molecule has 3 aromatic rings. The van der Waals surface area contributed by atoms with E-state index in [2.05, 4.69) is 10.3 Å². The van der Waals surface area contributed by atoms with Crippen LogP contribution in [-0.2, 0) is 4.79 Å². The summed E-state index contributed by atoms with van der Waals surface area (Å²) in [6.45, 7) is 0.0590. The number of benzene rings is 1. The summed E-state index contributed by atoms with van der Waals surface area (Å²) >= 11 is 1.52. The summed E-state index contributed by atoms with van der Waals surface area (Å²) in [5.41, 5.74) is 8.51. The average Bonchev–Trinajstić information content (AvgIpc) is 3.01. The van der Waals surface area contributed by atoms with Crippen LogP contribution in [0.1, 0.15) is 0 Å². The summed E-state index contributed by atoms with van der Waals surface area (Å²) in [4.78, 5) is 16.4. The predicted molar refractivity (Wildman–Crippen MR) is 77.0 cm³/mol. The van der Waals surface area contributed by atoms with Crippen molar-refractivity contribution in [1.82, 2.24) is 9.38 Å². The Morgan fingerprint density at radius 3 is 3.25 bits per heavy atom. The van der Waals surface area contributed by atoms with Crippen LogP contribution in [-0.4, -0.2) is 21.9 Å². The summed E-state index contributed by atoms with van der Waals surface area (Å²) < 4.78 is 7.24. The molecule has 100 valence electrons. The van der Waals surface area contributed by atoms with Gasteiger partial charge in [-0.15, -0.1) is 11.3 Å². The standard InChI is InChI=1S/C13H10N4O2S/c14-11-4-15-13-17(11)9(6-20-13)7-1-2-10-8(3-7)16-12(18)5-19-10/h1-4,6H,5,14H2,(H,16,18). The smallest absolute Gasteiger partial charge is 0.262 e. The minimum Gasteiger partial charge on any atom is -0.482 e. The van der Waals surface area contributed by atoms with E-state index in [-0.39, 0.29) is 12.5 Å². The molecule has 3 N–H and O–H groups in total. The fourth-order valence-electron chi connectivity index (χ4n) is 2.27. The maximum Gasteiger partial charge on any atom is 0.262 e. The molecule has 0 saturated carbocycles. The van der Waals surface area contributed by atoms with Crippen LogP contribution in [0.4, 0.5) is 11.5 Å². The van der Waals surface area contributed by atoms with E-state index in [0.717, 1.165) is 16.2 Å². The highest BCUT2D eigenvalue weighted by Gasteiger charge is 2.18. The molecule has 0 radical (unpaired) electrons. The van der Waals surface area contributed by atoms with Crippen molar-refractivity contribution in [1.29, 1.82) is 0 Å². The van der Waals surface area contributed by atoms with Crippen LogP contribution < -0.4 is 15.8 Å². The van der Waals surface area contributed by atoms with Gasteiger partial charge in [0, 0.05) is 10.9 Å². The third-order valence-corrected chi connectivity index (χ3v) is 4.02. The molecule has 3 heterocycles. The highest BCUT2D eigenvalue weighted by Crippen LogP contribution is 2.35. The number of thiazole rings is 1. The molecule has 1 amide bonds. The zero-order valence-corrected chi connectivity index (χ0v) is 11.1. The van der Waals surface area contributed by atoms with Crippen molar-refractivity contribution in [2.24, 2.45) is 0 Å².